The summed E-state index contributed by atoms with van der Waals surface area (Å²) in [5.74, 6) is 0.602. The minimum atomic E-state index is -3.63. The molecule has 1 amide bonds. The molecule has 3 rings (SSSR count). The third kappa shape index (κ3) is 5.77. The molecule has 168 valence electrons. The van der Waals surface area contributed by atoms with Crippen molar-refractivity contribution in [3.05, 3.63) is 48.0 Å². The van der Waals surface area contributed by atoms with Crippen LogP contribution in [-0.4, -0.2) is 44.4 Å². The number of anilines is 1. The summed E-state index contributed by atoms with van der Waals surface area (Å²) in [5.41, 5.74) is 1.40. The summed E-state index contributed by atoms with van der Waals surface area (Å²) >= 11 is 0. The van der Waals surface area contributed by atoms with Crippen molar-refractivity contribution in [3.8, 4) is 11.5 Å². The van der Waals surface area contributed by atoms with Crippen molar-refractivity contribution in [1.82, 2.24) is 4.31 Å². The van der Waals surface area contributed by atoms with Crippen LogP contribution in [-0.2, 0) is 14.8 Å². The zero-order chi connectivity index (χ0) is 22.4. The molecule has 0 aliphatic carbocycles. The Kier molecular flexibility index (Phi) is 7.56. The summed E-state index contributed by atoms with van der Waals surface area (Å²) in [6.45, 7) is 6.85. The second kappa shape index (κ2) is 10.2. The van der Waals surface area contributed by atoms with Crippen molar-refractivity contribution in [2.24, 2.45) is 0 Å². The van der Waals surface area contributed by atoms with Crippen LogP contribution in [0.15, 0.2) is 47.4 Å². The summed E-state index contributed by atoms with van der Waals surface area (Å²) in [6.07, 6.45) is 1.97. The molecule has 1 atom stereocenters. The van der Waals surface area contributed by atoms with Crippen molar-refractivity contribution >= 4 is 21.6 Å². The highest BCUT2D eigenvalue weighted by Crippen LogP contribution is 2.30. The van der Waals surface area contributed by atoms with E-state index in [2.05, 4.69) is 5.32 Å². The van der Waals surface area contributed by atoms with Crippen molar-refractivity contribution in [1.29, 1.82) is 0 Å². The van der Waals surface area contributed by atoms with Gasteiger partial charge in [-0.05, 0) is 63.9 Å². The van der Waals surface area contributed by atoms with Gasteiger partial charge in [0.1, 0.15) is 11.5 Å². The molecule has 1 aliphatic rings. The second-order valence-electron chi connectivity index (χ2n) is 7.62. The Morgan fingerprint density at radius 2 is 1.77 bits per heavy atom. The zero-order valence-electron chi connectivity index (χ0n) is 18.3. The molecule has 1 aliphatic heterocycles. The fourth-order valence-electron chi connectivity index (χ4n) is 3.41. The summed E-state index contributed by atoms with van der Waals surface area (Å²) in [5, 5.41) is 2.77. The highest BCUT2D eigenvalue weighted by atomic mass is 32.2. The number of benzene rings is 2. The van der Waals surface area contributed by atoms with E-state index in [1.165, 1.54) is 16.4 Å². The largest absolute Gasteiger partial charge is 0.492 e. The predicted octanol–water partition coefficient (Wildman–Crippen LogP) is 3.97. The molecule has 1 unspecified atom stereocenters. The molecule has 1 fully saturated rings. The van der Waals surface area contributed by atoms with E-state index in [4.69, 9.17) is 9.47 Å². The molecule has 0 aromatic heterocycles. The van der Waals surface area contributed by atoms with Gasteiger partial charge < -0.3 is 14.8 Å². The maximum Gasteiger partial charge on any atom is 0.265 e. The number of sulfonamides is 1. The van der Waals surface area contributed by atoms with Gasteiger partial charge in [-0.15, -0.1) is 0 Å². The second-order valence-corrected chi connectivity index (χ2v) is 9.56. The number of piperidine rings is 1. The van der Waals surface area contributed by atoms with Gasteiger partial charge >= 0.3 is 0 Å². The van der Waals surface area contributed by atoms with Crippen LogP contribution in [0.1, 0.15) is 38.7 Å². The summed E-state index contributed by atoms with van der Waals surface area (Å²) < 4.78 is 38.9. The molecular weight excluding hydrogens is 416 g/mol. The molecule has 8 heteroatoms. The average Bonchev–Trinajstić information content (AvgIpc) is 2.77. The van der Waals surface area contributed by atoms with Crippen molar-refractivity contribution in [2.75, 3.05) is 25.0 Å². The Labute approximate surface area is 184 Å². The minimum absolute atomic E-state index is 0.139. The molecular formula is C23H30N2O5S. The van der Waals surface area contributed by atoms with E-state index in [1.54, 1.807) is 25.1 Å². The highest BCUT2D eigenvalue weighted by Gasteiger charge is 2.27. The molecule has 2 aromatic carbocycles. The Morgan fingerprint density at radius 1 is 1.10 bits per heavy atom. The van der Waals surface area contributed by atoms with Crippen LogP contribution in [0, 0.1) is 6.92 Å². The molecule has 1 N–H and O–H groups in total. The van der Waals surface area contributed by atoms with Crippen molar-refractivity contribution in [3.63, 3.8) is 0 Å². The summed E-state index contributed by atoms with van der Waals surface area (Å²) in [4.78, 5) is 12.9. The molecule has 0 spiro atoms. The number of aryl methyl sites for hydroxylation is 1. The third-order valence-electron chi connectivity index (χ3n) is 5.16. The topological polar surface area (TPSA) is 84.9 Å². The smallest absolute Gasteiger partial charge is 0.265 e. The first kappa shape index (κ1) is 23.1. The molecule has 2 aromatic rings. The number of rotatable bonds is 8. The van der Waals surface area contributed by atoms with Crippen LogP contribution in [0.5, 0.6) is 11.5 Å². The van der Waals surface area contributed by atoms with E-state index in [0.717, 1.165) is 24.8 Å². The predicted molar refractivity (Wildman–Crippen MR) is 120 cm³/mol. The number of carbonyl (C=O) groups excluding carboxylic acids is 1. The normalized spacial score (nSPS) is 15.8. The van der Waals surface area contributed by atoms with Gasteiger partial charge in [0, 0.05) is 13.1 Å². The maximum absolute atomic E-state index is 13.0. The van der Waals surface area contributed by atoms with Crippen LogP contribution in [0.25, 0.3) is 0 Å². The number of nitrogens with zero attached hydrogens (tertiary/aromatic N) is 1. The SMILES string of the molecule is CCOc1ccc(S(=O)(=O)N2CCCCC2)cc1NC(=O)C(C)Oc1ccc(C)cc1. The molecule has 0 bridgehead atoms. The lowest BCUT2D eigenvalue weighted by Gasteiger charge is -2.26. The lowest BCUT2D eigenvalue weighted by atomic mass is 10.2. The Hall–Kier alpha value is -2.58. The van der Waals surface area contributed by atoms with Crippen LogP contribution in [0.4, 0.5) is 5.69 Å². The number of nitrogens with one attached hydrogen (secondary N) is 1. The van der Waals surface area contributed by atoms with Gasteiger partial charge in [0.2, 0.25) is 10.0 Å². The fourth-order valence-corrected chi connectivity index (χ4v) is 4.96. The van der Waals surface area contributed by atoms with Crippen molar-refractivity contribution < 1.29 is 22.7 Å². The van der Waals surface area contributed by atoms with E-state index >= 15 is 0 Å². The molecule has 0 radical (unpaired) electrons. The van der Waals surface area contributed by atoms with Gasteiger partial charge in [-0.2, -0.15) is 4.31 Å². The van der Waals surface area contributed by atoms with Gasteiger partial charge in [-0.25, -0.2) is 8.42 Å². The van der Waals surface area contributed by atoms with Crippen LogP contribution >= 0.6 is 0 Å². The van der Waals surface area contributed by atoms with E-state index in [0.29, 0.717) is 36.9 Å². The van der Waals surface area contributed by atoms with Crippen LogP contribution < -0.4 is 14.8 Å². The van der Waals surface area contributed by atoms with Gasteiger partial charge in [-0.1, -0.05) is 24.1 Å². The molecule has 7 nitrogen and oxygen atoms in total. The van der Waals surface area contributed by atoms with Crippen molar-refractivity contribution in [2.45, 2.75) is 51.0 Å². The maximum atomic E-state index is 13.0. The van der Waals surface area contributed by atoms with Gasteiger partial charge in [0.15, 0.2) is 6.10 Å². The standard InChI is InChI=1S/C23H30N2O5S/c1-4-29-22-13-12-20(31(27,28)25-14-6-5-7-15-25)16-21(22)24-23(26)18(3)30-19-10-8-17(2)9-11-19/h8-13,16,18H,4-7,14-15H2,1-3H3,(H,24,26). The van der Waals surface area contributed by atoms with E-state index in [-0.39, 0.29) is 4.90 Å². The Balaban J connectivity index is 1.80. The first-order valence-corrected chi connectivity index (χ1v) is 12.1. The lowest BCUT2D eigenvalue weighted by molar-refractivity contribution is -0.122. The number of hydrogen-bond donors (Lipinski definition) is 1. The summed E-state index contributed by atoms with van der Waals surface area (Å²) in [7, 11) is -3.63. The number of hydrogen-bond acceptors (Lipinski definition) is 5. The first-order valence-electron chi connectivity index (χ1n) is 10.6. The average molecular weight is 447 g/mol. The van der Waals surface area contributed by atoms with Gasteiger partial charge in [0.25, 0.3) is 5.91 Å². The zero-order valence-corrected chi connectivity index (χ0v) is 19.1. The van der Waals surface area contributed by atoms with Gasteiger partial charge in [0.05, 0.1) is 17.2 Å². The van der Waals surface area contributed by atoms with E-state index in [1.807, 2.05) is 26.0 Å². The number of ether oxygens (including phenoxy) is 2. The van der Waals surface area contributed by atoms with Gasteiger partial charge in [-0.3, -0.25) is 4.79 Å². The molecule has 31 heavy (non-hydrogen) atoms. The monoisotopic (exact) mass is 446 g/mol. The van der Waals surface area contributed by atoms with Crippen LogP contribution in [0.2, 0.25) is 0 Å². The summed E-state index contributed by atoms with van der Waals surface area (Å²) in [6, 6.07) is 12.0. The third-order valence-corrected chi connectivity index (χ3v) is 7.06. The van der Waals surface area contributed by atoms with E-state index in [9.17, 15) is 13.2 Å². The Morgan fingerprint density at radius 3 is 2.42 bits per heavy atom. The number of carbonyl (C=O) groups is 1. The fraction of sp³-hybridized carbons (Fsp3) is 0.435. The molecule has 0 saturated carbocycles. The molecule has 1 saturated heterocycles. The van der Waals surface area contributed by atoms with Crippen LogP contribution in [0.3, 0.4) is 0 Å². The highest BCUT2D eigenvalue weighted by molar-refractivity contribution is 7.89. The first-order chi connectivity index (χ1) is 14.8. The lowest BCUT2D eigenvalue weighted by Crippen LogP contribution is -2.35. The van der Waals surface area contributed by atoms with E-state index < -0.39 is 22.0 Å². The number of amides is 1. The Bertz CT molecular complexity index is 999. The molecule has 1 heterocycles. The quantitative estimate of drug-likeness (QED) is 0.663. The minimum Gasteiger partial charge on any atom is -0.492 e.